The monoisotopic (exact) mass is 413 g/mol. The van der Waals surface area contributed by atoms with Crippen molar-refractivity contribution in [2.75, 3.05) is 24.7 Å². The molecule has 4 heterocycles. The minimum atomic E-state index is 0.216. The van der Waals surface area contributed by atoms with E-state index in [0.29, 0.717) is 30.1 Å². The first-order valence-corrected chi connectivity index (χ1v) is 10.1. The molecule has 1 aliphatic heterocycles. The Bertz CT molecular complexity index is 1060. The van der Waals surface area contributed by atoms with Gasteiger partial charge < -0.3 is 20.8 Å². The number of pyridine rings is 2. The zero-order valence-electron chi connectivity index (χ0n) is 15.4. The number of rotatable bonds is 4. The molecule has 0 spiro atoms. The standard InChI is InChI=1S/C20H20ClN5OS/c1-12-11-27-9-8-26(12)18-10-14(16-2-3-17(21)28-16)13-5-7-24-20(19(13)25-18)15(23)4-6-22/h2-7,10,12,22H,8-9,11,23H2,1H3/b15-4-,22-6?. The van der Waals surface area contributed by atoms with Gasteiger partial charge in [0.05, 0.1) is 29.3 Å². The van der Waals surface area contributed by atoms with E-state index < -0.39 is 0 Å². The molecule has 0 aliphatic carbocycles. The van der Waals surface area contributed by atoms with Crippen LogP contribution in [0, 0.1) is 5.41 Å². The molecule has 1 aliphatic rings. The Labute approximate surface area is 172 Å². The normalized spacial score (nSPS) is 17.9. The molecule has 4 rings (SSSR count). The van der Waals surface area contributed by atoms with Crippen molar-refractivity contribution in [1.82, 2.24) is 9.97 Å². The molecular weight excluding hydrogens is 394 g/mol. The summed E-state index contributed by atoms with van der Waals surface area (Å²) in [5.41, 5.74) is 8.92. The lowest BCUT2D eigenvalue weighted by Gasteiger charge is -2.34. The third-order valence-electron chi connectivity index (χ3n) is 4.75. The maximum Gasteiger partial charge on any atom is 0.130 e. The van der Waals surface area contributed by atoms with Gasteiger partial charge in [0.2, 0.25) is 0 Å². The molecule has 1 unspecified atom stereocenters. The van der Waals surface area contributed by atoms with Crippen molar-refractivity contribution in [2.45, 2.75) is 13.0 Å². The van der Waals surface area contributed by atoms with Crippen molar-refractivity contribution in [3.8, 4) is 10.4 Å². The first kappa shape index (κ1) is 18.9. The van der Waals surface area contributed by atoms with E-state index in [9.17, 15) is 0 Å². The van der Waals surface area contributed by atoms with E-state index in [0.717, 1.165) is 38.7 Å². The van der Waals surface area contributed by atoms with Crippen molar-refractivity contribution < 1.29 is 4.74 Å². The van der Waals surface area contributed by atoms with Gasteiger partial charge in [-0.1, -0.05) is 11.6 Å². The van der Waals surface area contributed by atoms with Gasteiger partial charge in [-0.3, -0.25) is 4.98 Å². The van der Waals surface area contributed by atoms with E-state index in [4.69, 9.17) is 32.5 Å². The van der Waals surface area contributed by atoms with E-state index in [1.165, 1.54) is 17.4 Å². The number of hydrogen-bond donors (Lipinski definition) is 2. The predicted molar refractivity (Wildman–Crippen MR) is 116 cm³/mol. The van der Waals surface area contributed by atoms with E-state index in [1.54, 1.807) is 6.20 Å². The van der Waals surface area contributed by atoms with Crippen molar-refractivity contribution in [3.63, 3.8) is 0 Å². The summed E-state index contributed by atoms with van der Waals surface area (Å²) >= 11 is 7.73. The number of allylic oxidation sites excluding steroid dienone is 1. The highest BCUT2D eigenvalue weighted by Crippen LogP contribution is 2.38. The number of thiophene rings is 1. The summed E-state index contributed by atoms with van der Waals surface area (Å²) in [6.07, 6.45) is 4.40. The second-order valence-corrected chi connectivity index (χ2v) is 8.31. The fourth-order valence-electron chi connectivity index (χ4n) is 3.40. The Kier molecular flexibility index (Phi) is 5.30. The molecule has 28 heavy (non-hydrogen) atoms. The Morgan fingerprint density at radius 1 is 1.43 bits per heavy atom. The molecule has 1 atom stereocenters. The average molecular weight is 414 g/mol. The molecule has 0 bridgehead atoms. The second kappa shape index (κ2) is 7.87. The zero-order valence-corrected chi connectivity index (χ0v) is 16.9. The van der Waals surface area contributed by atoms with Gasteiger partial charge >= 0.3 is 0 Å². The number of anilines is 1. The van der Waals surface area contributed by atoms with Gasteiger partial charge in [-0.25, -0.2) is 4.98 Å². The first-order chi connectivity index (χ1) is 13.6. The highest BCUT2D eigenvalue weighted by Gasteiger charge is 2.23. The summed E-state index contributed by atoms with van der Waals surface area (Å²) in [7, 11) is 0. The summed E-state index contributed by atoms with van der Waals surface area (Å²) in [6, 6.07) is 8.18. The number of nitrogens with one attached hydrogen (secondary N) is 1. The van der Waals surface area contributed by atoms with Crippen LogP contribution in [-0.2, 0) is 4.74 Å². The minimum Gasteiger partial charge on any atom is -0.397 e. The van der Waals surface area contributed by atoms with Crippen LogP contribution >= 0.6 is 22.9 Å². The van der Waals surface area contributed by atoms with Crippen molar-refractivity contribution in [3.05, 3.63) is 46.6 Å². The van der Waals surface area contributed by atoms with Gasteiger partial charge in [-0.05, 0) is 37.3 Å². The molecular formula is C20H20ClN5OS. The van der Waals surface area contributed by atoms with Crippen molar-refractivity contribution in [2.24, 2.45) is 5.73 Å². The van der Waals surface area contributed by atoms with Crippen LogP contribution in [0.5, 0.6) is 0 Å². The molecule has 0 radical (unpaired) electrons. The Morgan fingerprint density at radius 2 is 2.29 bits per heavy atom. The van der Waals surface area contributed by atoms with Crippen LogP contribution in [0.4, 0.5) is 5.82 Å². The number of nitrogens with zero attached hydrogens (tertiary/aromatic N) is 3. The number of hydrogen-bond acceptors (Lipinski definition) is 7. The predicted octanol–water partition coefficient (Wildman–Crippen LogP) is 4.19. The highest BCUT2D eigenvalue weighted by molar-refractivity contribution is 7.19. The van der Waals surface area contributed by atoms with Crippen molar-refractivity contribution >= 4 is 51.6 Å². The largest absolute Gasteiger partial charge is 0.397 e. The number of halogens is 1. The van der Waals surface area contributed by atoms with Crippen LogP contribution in [0.3, 0.4) is 0 Å². The molecule has 0 aromatic carbocycles. The molecule has 6 nitrogen and oxygen atoms in total. The van der Waals surface area contributed by atoms with Gasteiger partial charge in [-0.2, -0.15) is 0 Å². The Hall–Kier alpha value is -2.48. The topological polar surface area (TPSA) is 88.1 Å². The van der Waals surface area contributed by atoms with Gasteiger partial charge in [-0.15, -0.1) is 11.3 Å². The van der Waals surface area contributed by atoms with Crippen LogP contribution in [0.2, 0.25) is 4.34 Å². The third-order valence-corrected chi connectivity index (χ3v) is 6.02. The van der Waals surface area contributed by atoms with Crippen LogP contribution in [0.25, 0.3) is 27.0 Å². The lowest BCUT2D eigenvalue weighted by molar-refractivity contribution is 0.0986. The zero-order chi connectivity index (χ0) is 19.7. The number of aromatic nitrogens is 2. The van der Waals surface area contributed by atoms with Crippen LogP contribution in [-0.4, -0.2) is 42.0 Å². The summed E-state index contributed by atoms with van der Waals surface area (Å²) in [6.45, 7) is 4.22. The van der Waals surface area contributed by atoms with Crippen molar-refractivity contribution in [1.29, 1.82) is 5.41 Å². The van der Waals surface area contributed by atoms with Gasteiger partial charge in [0.15, 0.2) is 0 Å². The third kappa shape index (κ3) is 3.48. The SMILES string of the molecule is CC1COCCN1c1cc(-c2ccc(Cl)s2)c2ccnc(/C(N)=C/C=N)c2n1. The molecule has 0 saturated carbocycles. The summed E-state index contributed by atoms with van der Waals surface area (Å²) in [4.78, 5) is 12.7. The maximum absolute atomic E-state index is 7.33. The molecule has 3 N–H and O–H groups in total. The fourth-order valence-corrected chi connectivity index (χ4v) is 4.47. The molecule has 0 amide bonds. The van der Waals surface area contributed by atoms with Crippen LogP contribution < -0.4 is 10.6 Å². The Balaban J connectivity index is 1.99. The van der Waals surface area contributed by atoms with Crippen LogP contribution in [0.1, 0.15) is 12.6 Å². The van der Waals surface area contributed by atoms with Gasteiger partial charge in [0.1, 0.15) is 17.0 Å². The summed E-state index contributed by atoms with van der Waals surface area (Å²) < 4.78 is 6.32. The molecule has 144 valence electrons. The van der Waals surface area contributed by atoms with Crippen LogP contribution in [0.15, 0.2) is 36.5 Å². The quantitative estimate of drug-likeness (QED) is 0.626. The number of ether oxygens (including phenoxy) is 1. The second-order valence-electron chi connectivity index (χ2n) is 6.59. The molecule has 1 fully saturated rings. The van der Waals surface area contributed by atoms with E-state index in [1.807, 2.05) is 18.2 Å². The smallest absolute Gasteiger partial charge is 0.130 e. The fraction of sp³-hybridized carbons (Fsp3) is 0.250. The summed E-state index contributed by atoms with van der Waals surface area (Å²) in [5, 5.41) is 8.29. The Morgan fingerprint density at radius 3 is 3.00 bits per heavy atom. The molecule has 3 aromatic heterocycles. The molecule has 1 saturated heterocycles. The van der Waals surface area contributed by atoms with E-state index in [2.05, 4.69) is 22.9 Å². The molecule has 8 heteroatoms. The number of morpholine rings is 1. The molecule has 3 aromatic rings. The first-order valence-electron chi connectivity index (χ1n) is 8.95. The minimum absolute atomic E-state index is 0.216. The lowest BCUT2D eigenvalue weighted by Crippen LogP contribution is -2.44. The van der Waals surface area contributed by atoms with E-state index in [-0.39, 0.29) is 6.04 Å². The van der Waals surface area contributed by atoms with E-state index >= 15 is 0 Å². The average Bonchev–Trinajstić information content (AvgIpc) is 3.13. The maximum atomic E-state index is 7.33. The van der Waals surface area contributed by atoms with Gasteiger partial charge in [0, 0.05) is 34.8 Å². The number of nitrogens with two attached hydrogens (primary N) is 1. The number of fused-ring (bicyclic) bond motifs is 1. The van der Waals surface area contributed by atoms with Gasteiger partial charge in [0.25, 0.3) is 0 Å². The summed E-state index contributed by atoms with van der Waals surface area (Å²) in [5.74, 6) is 0.861. The highest BCUT2D eigenvalue weighted by atomic mass is 35.5. The lowest BCUT2D eigenvalue weighted by atomic mass is 10.1.